The molecule has 0 unspecified atom stereocenters. The molecular formula is C15H23FN2O. The fourth-order valence-corrected chi connectivity index (χ4v) is 1.64. The Morgan fingerprint density at radius 1 is 1.32 bits per heavy atom. The molecule has 0 aliphatic carbocycles. The summed E-state index contributed by atoms with van der Waals surface area (Å²) >= 11 is 0. The lowest BCUT2D eigenvalue weighted by atomic mass is 10.0. The van der Waals surface area contributed by atoms with Gasteiger partial charge in [0.25, 0.3) is 0 Å². The van der Waals surface area contributed by atoms with Gasteiger partial charge < -0.3 is 10.6 Å². The molecule has 1 aromatic rings. The molecule has 0 bridgehead atoms. The van der Waals surface area contributed by atoms with Gasteiger partial charge in [0.15, 0.2) is 0 Å². The van der Waals surface area contributed by atoms with Gasteiger partial charge in [-0.05, 0) is 44.9 Å². The van der Waals surface area contributed by atoms with Gasteiger partial charge in [0.05, 0.1) is 6.54 Å². The van der Waals surface area contributed by atoms with Crippen LogP contribution in [0.15, 0.2) is 24.3 Å². The Hall–Kier alpha value is -1.42. The van der Waals surface area contributed by atoms with Crippen molar-refractivity contribution in [3.8, 4) is 0 Å². The first kappa shape index (κ1) is 15.6. The molecule has 0 spiro atoms. The van der Waals surface area contributed by atoms with Crippen molar-refractivity contribution in [1.82, 2.24) is 10.6 Å². The van der Waals surface area contributed by atoms with Crippen LogP contribution in [-0.4, -0.2) is 24.5 Å². The average molecular weight is 266 g/mol. The van der Waals surface area contributed by atoms with Crippen molar-refractivity contribution in [1.29, 1.82) is 0 Å². The van der Waals surface area contributed by atoms with E-state index in [1.807, 2.05) is 26.8 Å². The van der Waals surface area contributed by atoms with E-state index < -0.39 is 0 Å². The van der Waals surface area contributed by atoms with Crippen LogP contribution < -0.4 is 10.6 Å². The maximum Gasteiger partial charge on any atom is 0.234 e. The molecule has 2 N–H and O–H groups in total. The summed E-state index contributed by atoms with van der Waals surface area (Å²) in [5.41, 5.74) is 0.494. The summed E-state index contributed by atoms with van der Waals surface area (Å²) < 4.78 is 13.3. The maximum absolute atomic E-state index is 13.3. The molecule has 0 heterocycles. The molecular weight excluding hydrogens is 243 g/mol. The van der Waals surface area contributed by atoms with Gasteiger partial charge in [0.1, 0.15) is 5.82 Å². The molecule has 0 saturated heterocycles. The summed E-state index contributed by atoms with van der Waals surface area (Å²) in [4.78, 5) is 11.6. The zero-order valence-corrected chi connectivity index (χ0v) is 11.9. The SMILES string of the molecule is CCC(C)(C)NC(=O)CNCCc1ccccc1F. The third-order valence-corrected chi connectivity index (χ3v) is 3.18. The van der Waals surface area contributed by atoms with Crippen LogP contribution in [0.2, 0.25) is 0 Å². The zero-order chi connectivity index (χ0) is 14.3. The van der Waals surface area contributed by atoms with Crippen molar-refractivity contribution in [2.75, 3.05) is 13.1 Å². The van der Waals surface area contributed by atoms with Crippen LogP contribution in [-0.2, 0) is 11.2 Å². The van der Waals surface area contributed by atoms with Crippen molar-refractivity contribution in [2.45, 2.75) is 39.2 Å². The Morgan fingerprint density at radius 3 is 2.63 bits per heavy atom. The van der Waals surface area contributed by atoms with Crippen LogP contribution in [0.1, 0.15) is 32.8 Å². The first-order chi connectivity index (χ1) is 8.94. The number of carbonyl (C=O) groups excluding carboxylic acids is 1. The number of halogens is 1. The minimum atomic E-state index is -0.194. The number of benzene rings is 1. The predicted octanol–water partition coefficient (Wildman–Crippen LogP) is 2.26. The van der Waals surface area contributed by atoms with Crippen LogP contribution in [0.4, 0.5) is 4.39 Å². The standard InChI is InChI=1S/C15H23FN2O/c1-4-15(2,3)18-14(19)11-17-10-9-12-7-5-6-8-13(12)16/h5-8,17H,4,9-11H2,1-3H3,(H,18,19). The fourth-order valence-electron chi connectivity index (χ4n) is 1.64. The van der Waals surface area contributed by atoms with Gasteiger partial charge in [-0.1, -0.05) is 25.1 Å². The second-order valence-electron chi connectivity index (χ2n) is 5.30. The van der Waals surface area contributed by atoms with Crippen molar-refractivity contribution >= 4 is 5.91 Å². The smallest absolute Gasteiger partial charge is 0.234 e. The van der Waals surface area contributed by atoms with E-state index in [4.69, 9.17) is 0 Å². The first-order valence-corrected chi connectivity index (χ1v) is 6.70. The van der Waals surface area contributed by atoms with Gasteiger partial charge in [-0.25, -0.2) is 4.39 Å². The van der Waals surface area contributed by atoms with E-state index in [0.717, 1.165) is 6.42 Å². The van der Waals surface area contributed by atoms with Crippen molar-refractivity contribution < 1.29 is 9.18 Å². The summed E-state index contributed by atoms with van der Waals surface area (Å²) in [5, 5.41) is 5.97. The summed E-state index contributed by atoms with van der Waals surface area (Å²) in [6, 6.07) is 6.70. The molecule has 0 aromatic heterocycles. The number of nitrogens with one attached hydrogen (secondary N) is 2. The Bertz CT molecular complexity index is 418. The average Bonchev–Trinajstić information content (AvgIpc) is 2.36. The van der Waals surface area contributed by atoms with E-state index in [0.29, 0.717) is 18.5 Å². The highest BCUT2D eigenvalue weighted by Crippen LogP contribution is 2.07. The third kappa shape index (κ3) is 5.83. The van der Waals surface area contributed by atoms with Crippen LogP contribution in [0, 0.1) is 5.82 Å². The normalized spacial score (nSPS) is 11.4. The Morgan fingerprint density at radius 2 is 2.00 bits per heavy atom. The number of hydrogen-bond donors (Lipinski definition) is 2. The fraction of sp³-hybridized carbons (Fsp3) is 0.533. The highest BCUT2D eigenvalue weighted by atomic mass is 19.1. The minimum Gasteiger partial charge on any atom is -0.350 e. The summed E-state index contributed by atoms with van der Waals surface area (Å²) in [5.74, 6) is -0.221. The van der Waals surface area contributed by atoms with Crippen molar-refractivity contribution in [2.24, 2.45) is 0 Å². The lowest BCUT2D eigenvalue weighted by Gasteiger charge is -2.24. The van der Waals surface area contributed by atoms with Crippen molar-refractivity contribution in [3.63, 3.8) is 0 Å². The second-order valence-corrected chi connectivity index (χ2v) is 5.30. The molecule has 1 aromatic carbocycles. The molecule has 0 fully saturated rings. The van der Waals surface area contributed by atoms with Gasteiger partial charge in [-0.15, -0.1) is 0 Å². The molecule has 0 aliphatic rings. The van der Waals surface area contributed by atoms with Gasteiger partial charge >= 0.3 is 0 Å². The Labute approximate surface area is 114 Å². The Kier molecular flexibility index (Phi) is 5.96. The molecule has 1 rings (SSSR count). The summed E-state index contributed by atoms with van der Waals surface area (Å²) in [7, 11) is 0. The highest BCUT2D eigenvalue weighted by Gasteiger charge is 2.16. The third-order valence-electron chi connectivity index (χ3n) is 3.18. The van der Waals surface area contributed by atoms with Crippen LogP contribution >= 0.6 is 0 Å². The molecule has 106 valence electrons. The molecule has 0 saturated carbocycles. The minimum absolute atomic E-state index is 0.0274. The second kappa shape index (κ2) is 7.24. The van der Waals surface area contributed by atoms with E-state index >= 15 is 0 Å². The monoisotopic (exact) mass is 266 g/mol. The zero-order valence-electron chi connectivity index (χ0n) is 11.9. The van der Waals surface area contributed by atoms with Crippen molar-refractivity contribution in [3.05, 3.63) is 35.6 Å². The molecule has 0 atom stereocenters. The lowest BCUT2D eigenvalue weighted by Crippen LogP contribution is -2.46. The predicted molar refractivity (Wildman–Crippen MR) is 75.5 cm³/mol. The lowest BCUT2D eigenvalue weighted by molar-refractivity contribution is -0.121. The number of rotatable bonds is 7. The van der Waals surface area contributed by atoms with E-state index in [2.05, 4.69) is 10.6 Å². The summed E-state index contributed by atoms with van der Waals surface area (Å²) in [6.07, 6.45) is 1.46. The molecule has 3 nitrogen and oxygen atoms in total. The molecule has 0 aliphatic heterocycles. The number of carbonyl (C=O) groups is 1. The first-order valence-electron chi connectivity index (χ1n) is 6.70. The maximum atomic E-state index is 13.3. The van der Waals surface area contributed by atoms with E-state index in [1.54, 1.807) is 12.1 Å². The van der Waals surface area contributed by atoms with Crippen LogP contribution in [0.25, 0.3) is 0 Å². The number of hydrogen-bond acceptors (Lipinski definition) is 2. The van der Waals surface area contributed by atoms with Crippen LogP contribution in [0.3, 0.4) is 0 Å². The van der Waals surface area contributed by atoms with Crippen LogP contribution in [0.5, 0.6) is 0 Å². The largest absolute Gasteiger partial charge is 0.350 e. The Balaban J connectivity index is 2.25. The van der Waals surface area contributed by atoms with E-state index in [-0.39, 0.29) is 23.8 Å². The van der Waals surface area contributed by atoms with E-state index in [1.165, 1.54) is 6.07 Å². The van der Waals surface area contributed by atoms with Gasteiger partial charge in [0, 0.05) is 5.54 Å². The molecule has 4 heteroatoms. The van der Waals surface area contributed by atoms with Gasteiger partial charge in [0.2, 0.25) is 5.91 Å². The number of amides is 1. The van der Waals surface area contributed by atoms with Gasteiger partial charge in [-0.2, -0.15) is 0 Å². The molecule has 19 heavy (non-hydrogen) atoms. The molecule has 1 amide bonds. The summed E-state index contributed by atoms with van der Waals surface area (Å²) in [6.45, 7) is 6.86. The molecule has 0 radical (unpaired) electrons. The van der Waals surface area contributed by atoms with E-state index in [9.17, 15) is 9.18 Å². The quantitative estimate of drug-likeness (QED) is 0.743. The topological polar surface area (TPSA) is 41.1 Å². The van der Waals surface area contributed by atoms with Gasteiger partial charge in [-0.3, -0.25) is 4.79 Å². The highest BCUT2D eigenvalue weighted by molar-refractivity contribution is 5.78.